The number of aryl methyl sites for hydroxylation is 1. The summed E-state index contributed by atoms with van der Waals surface area (Å²) in [6.45, 7) is 2.05. The molecule has 0 radical (unpaired) electrons. The van der Waals surface area contributed by atoms with Crippen LogP contribution >= 0.6 is 0 Å². The number of furan rings is 1. The van der Waals surface area contributed by atoms with E-state index in [2.05, 4.69) is 28.4 Å². The highest BCUT2D eigenvalue weighted by molar-refractivity contribution is 5.78. The molecule has 0 saturated heterocycles. The first-order chi connectivity index (χ1) is 9.28. The molecule has 0 aliphatic carbocycles. The van der Waals surface area contributed by atoms with Gasteiger partial charge >= 0.3 is 0 Å². The summed E-state index contributed by atoms with van der Waals surface area (Å²) in [5, 5.41) is 1.06. The fourth-order valence-electron chi connectivity index (χ4n) is 2.11. The third-order valence-electron chi connectivity index (χ3n) is 3.04. The molecular formula is C14H14N4O. The second-order valence-corrected chi connectivity index (χ2v) is 4.42. The van der Waals surface area contributed by atoms with E-state index in [0.29, 0.717) is 0 Å². The van der Waals surface area contributed by atoms with Gasteiger partial charge in [0.2, 0.25) is 0 Å². The minimum absolute atomic E-state index is 0.282. The summed E-state index contributed by atoms with van der Waals surface area (Å²) < 4.78 is 5.83. The predicted molar refractivity (Wildman–Crippen MR) is 72.1 cm³/mol. The van der Waals surface area contributed by atoms with Gasteiger partial charge in [0, 0.05) is 11.6 Å². The van der Waals surface area contributed by atoms with E-state index in [1.54, 1.807) is 6.20 Å². The van der Waals surface area contributed by atoms with Crippen molar-refractivity contribution in [3.8, 4) is 0 Å². The third kappa shape index (κ3) is 2.21. The molecule has 3 rings (SSSR count). The van der Waals surface area contributed by atoms with Gasteiger partial charge in [-0.05, 0) is 31.2 Å². The molecule has 1 unspecified atom stereocenters. The summed E-state index contributed by atoms with van der Waals surface area (Å²) in [5.74, 6) is 6.36. The van der Waals surface area contributed by atoms with Gasteiger partial charge in [-0.1, -0.05) is 11.6 Å². The van der Waals surface area contributed by atoms with Crippen LogP contribution in [-0.2, 0) is 0 Å². The lowest BCUT2D eigenvalue weighted by atomic mass is 10.1. The minimum Gasteiger partial charge on any atom is -0.459 e. The fourth-order valence-corrected chi connectivity index (χ4v) is 2.11. The first kappa shape index (κ1) is 11.8. The van der Waals surface area contributed by atoms with Crippen LogP contribution in [0.4, 0.5) is 0 Å². The van der Waals surface area contributed by atoms with E-state index in [4.69, 9.17) is 10.3 Å². The Hall–Kier alpha value is -2.24. The molecule has 5 heteroatoms. The Kier molecular flexibility index (Phi) is 2.98. The van der Waals surface area contributed by atoms with E-state index in [9.17, 15) is 0 Å². The Morgan fingerprint density at radius 2 is 2.16 bits per heavy atom. The Morgan fingerprint density at radius 3 is 2.89 bits per heavy atom. The highest BCUT2D eigenvalue weighted by atomic mass is 16.3. The Morgan fingerprint density at radius 1 is 1.26 bits per heavy atom. The minimum atomic E-state index is -0.282. The van der Waals surface area contributed by atoms with E-state index < -0.39 is 0 Å². The zero-order valence-electron chi connectivity index (χ0n) is 10.5. The highest BCUT2D eigenvalue weighted by Gasteiger charge is 2.18. The SMILES string of the molecule is Cc1ccc2oc(C(NN)c3ccncn3)cc2c1. The summed E-state index contributed by atoms with van der Waals surface area (Å²) >= 11 is 0. The van der Waals surface area contributed by atoms with Crippen molar-refractivity contribution in [1.29, 1.82) is 0 Å². The van der Waals surface area contributed by atoms with Crippen molar-refractivity contribution in [3.63, 3.8) is 0 Å². The third-order valence-corrected chi connectivity index (χ3v) is 3.04. The summed E-state index contributed by atoms with van der Waals surface area (Å²) in [6.07, 6.45) is 3.17. The topological polar surface area (TPSA) is 77.0 Å². The lowest BCUT2D eigenvalue weighted by Crippen LogP contribution is -2.29. The van der Waals surface area contributed by atoms with Gasteiger partial charge in [0.15, 0.2) is 0 Å². The molecule has 1 aromatic carbocycles. The molecule has 0 amide bonds. The highest BCUT2D eigenvalue weighted by Crippen LogP contribution is 2.27. The van der Waals surface area contributed by atoms with Crippen molar-refractivity contribution in [2.75, 3.05) is 0 Å². The average Bonchev–Trinajstić information content (AvgIpc) is 2.83. The Labute approximate surface area is 110 Å². The van der Waals surface area contributed by atoms with Crippen LogP contribution in [0.1, 0.15) is 23.1 Å². The summed E-state index contributed by atoms with van der Waals surface area (Å²) in [5.41, 5.74) is 5.53. The summed E-state index contributed by atoms with van der Waals surface area (Å²) in [7, 11) is 0. The van der Waals surface area contributed by atoms with Crippen LogP contribution in [0.5, 0.6) is 0 Å². The van der Waals surface area contributed by atoms with Gasteiger partial charge in [-0.25, -0.2) is 15.4 Å². The maximum Gasteiger partial charge on any atom is 0.134 e. The number of hydrogen-bond donors (Lipinski definition) is 2. The van der Waals surface area contributed by atoms with E-state index in [1.165, 1.54) is 11.9 Å². The van der Waals surface area contributed by atoms with Gasteiger partial charge in [-0.2, -0.15) is 0 Å². The summed E-state index contributed by atoms with van der Waals surface area (Å²) in [4.78, 5) is 8.10. The van der Waals surface area contributed by atoms with Crippen LogP contribution in [0.3, 0.4) is 0 Å². The molecule has 96 valence electrons. The number of fused-ring (bicyclic) bond motifs is 1. The van der Waals surface area contributed by atoms with Gasteiger partial charge in [-0.3, -0.25) is 5.84 Å². The second kappa shape index (κ2) is 4.79. The smallest absolute Gasteiger partial charge is 0.134 e. The van der Waals surface area contributed by atoms with Crippen LogP contribution in [0.15, 0.2) is 47.3 Å². The zero-order valence-corrected chi connectivity index (χ0v) is 10.5. The summed E-state index contributed by atoms with van der Waals surface area (Å²) in [6, 6.07) is 9.57. The van der Waals surface area contributed by atoms with E-state index in [0.717, 1.165) is 22.4 Å². The van der Waals surface area contributed by atoms with Crippen molar-refractivity contribution in [3.05, 3.63) is 59.9 Å². The number of nitrogens with two attached hydrogens (primary N) is 1. The molecule has 3 aromatic rings. The Balaban J connectivity index is 2.07. The first-order valence-electron chi connectivity index (χ1n) is 6.00. The molecular weight excluding hydrogens is 240 g/mol. The van der Waals surface area contributed by atoms with Gasteiger partial charge in [0.25, 0.3) is 0 Å². The van der Waals surface area contributed by atoms with Crippen molar-refractivity contribution >= 4 is 11.0 Å². The second-order valence-electron chi connectivity index (χ2n) is 4.42. The maximum atomic E-state index is 5.83. The molecule has 0 aliphatic heterocycles. The molecule has 2 heterocycles. The van der Waals surface area contributed by atoms with Gasteiger partial charge in [-0.15, -0.1) is 0 Å². The first-order valence-corrected chi connectivity index (χ1v) is 6.00. The maximum absolute atomic E-state index is 5.83. The standard InChI is InChI=1S/C14H14N4O/c1-9-2-3-12-10(6-9)7-13(19-12)14(18-15)11-4-5-16-8-17-11/h2-8,14,18H,15H2,1H3. The number of nitrogens with zero attached hydrogens (tertiary/aromatic N) is 2. The van der Waals surface area contributed by atoms with Crippen LogP contribution in [0, 0.1) is 6.92 Å². The molecule has 1 atom stereocenters. The number of rotatable bonds is 3. The normalized spacial score (nSPS) is 12.7. The molecule has 0 fully saturated rings. The number of hydrogen-bond acceptors (Lipinski definition) is 5. The van der Waals surface area contributed by atoms with Crippen molar-refractivity contribution < 1.29 is 4.42 Å². The molecule has 2 aromatic heterocycles. The number of nitrogens with one attached hydrogen (secondary N) is 1. The Bertz CT molecular complexity index is 693. The quantitative estimate of drug-likeness (QED) is 0.552. The van der Waals surface area contributed by atoms with Crippen molar-refractivity contribution in [1.82, 2.24) is 15.4 Å². The molecule has 0 aliphatic rings. The molecule has 19 heavy (non-hydrogen) atoms. The molecule has 0 bridgehead atoms. The lowest BCUT2D eigenvalue weighted by molar-refractivity contribution is 0.471. The van der Waals surface area contributed by atoms with E-state index >= 15 is 0 Å². The molecule has 0 saturated carbocycles. The predicted octanol–water partition coefficient (Wildman–Crippen LogP) is 2.08. The van der Waals surface area contributed by atoms with Crippen LogP contribution in [0.2, 0.25) is 0 Å². The number of benzene rings is 1. The van der Waals surface area contributed by atoms with Gasteiger partial charge in [0.1, 0.15) is 23.7 Å². The molecule has 0 spiro atoms. The zero-order chi connectivity index (χ0) is 13.2. The monoisotopic (exact) mass is 254 g/mol. The van der Waals surface area contributed by atoms with Crippen molar-refractivity contribution in [2.24, 2.45) is 5.84 Å². The largest absolute Gasteiger partial charge is 0.459 e. The van der Waals surface area contributed by atoms with Gasteiger partial charge < -0.3 is 4.42 Å². The lowest BCUT2D eigenvalue weighted by Gasteiger charge is -2.11. The van der Waals surface area contributed by atoms with Crippen LogP contribution < -0.4 is 11.3 Å². The van der Waals surface area contributed by atoms with Crippen LogP contribution in [-0.4, -0.2) is 9.97 Å². The van der Waals surface area contributed by atoms with E-state index in [1.807, 2.05) is 24.3 Å². The molecule has 5 nitrogen and oxygen atoms in total. The number of aromatic nitrogens is 2. The fraction of sp³-hybridized carbons (Fsp3) is 0.143. The van der Waals surface area contributed by atoms with Crippen LogP contribution in [0.25, 0.3) is 11.0 Å². The average molecular weight is 254 g/mol. The molecule has 3 N–H and O–H groups in total. The van der Waals surface area contributed by atoms with Crippen molar-refractivity contribution in [2.45, 2.75) is 13.0 Å². The number of hydrazine groups is 1. The van der Waals surface area contributed by atoms with E-state index in [-0.39, 0.29) is 6.04 Å². The van der Waals surface area contributed by atoms with Gasteiger partial charge in [0.05, 0.1) is 5.69 Å².